The van der Waals surface area contributed by atoms with Gasteiger partial charge in [-0.1, -0.05) is 18.2 Å². The molecule has 0 aromatic carbocycles. The predicted molar refractivity (Wildman–Crippen MR) is 66.8 cm³/mol. The average molecular weight is 206 g/mol. The Hall–Kier alpha value is -1.02. The van der Waals surface area contributed by atoms with E-state index >= 15 is 0 Å². The second-order valence-corrected chi connectivity index (χ2v) is 3.91. The number of likely N-dealkylation sites (N-methyl/N-ethyl adjacent to an activating group) is 1. The summed E-state index contributed by atoms with van der Waals surface area (Å²) in [5.41, 5.74) is 1.32. The highest BCUT2D eigenvalue weighted by molar-refractivity contribution is 5.22. The van der Waals surface area contributed by atoms with Crippen LogP contribution in [0.1, 0.15) is 13.8 Å². The van der Waals surface area contributed by atoms with Crippen molar-refractivity contribution in [2.75, 3.05) is 33.2 Å². The van der Waals surface area contributed by atoms with Gasteiger partial charge >= 0.3 is 0 Å². The lowest BCUT2D eigenvalue weighted by Crippen LogP contribution is -2.43. The lowest BCUT2D eigenvalue weighted by atomic mass is 10.2. The maximum Gasteiger partial charge on any atom is 0.0363 e. The summed E-state index contributed by atoms with van der Waals surface area (Å²) >= 11 is 0. The molecule has 84 valence electrons. The van der Waals surface area contributed by atoms with E-state index in [-0.39, 0.29) is 0 Å². The van der Waals surface area contributed by atoms with Crippen LogP contribution in [0.15, 0.2) is 36.1 Å². The van der Waals surface area contributed by atoms with E-state index in [4.69, 9.17) is 0 Å². The maximum absolute atomic E-state index is 2.44. The van der Waals surface area contributed by atoms with Crippen molar-refractivity contribution in [3.05, 3.63) is 36.1 Å². The molecule has 1 fully saturated rings. The zero-order valence-corrected chi connectivity index (χ0v) is 10.1. The van der Waals surface area contributed by atoms with Gasteiger partial charge in [0.2, 0.25) is 0 Å². The molecule has 0 bridgehead atoms. The fraction of sp³-hybridized carbons (Fsp3) is 0.538. The Morgan fingerprint density at radius 3 is 2.20 bits per heavy atom. The van der Waals surface area contributed by atoms with E-state index in [2.05, 4.69) is 54.2 Å². The van der Waals surface area contributed by atoms with Crippen LogP contribution in [0.3, 0.4) is 0 Å². The van der Waals surface area contributed by atoms with Gasteiger partial charge < -0.3 is 9.80 Å². The summed E-state index contributed by atoms with van der Waals surface area (Å²) in [7, 11) is 2.18. The van der Waals surface area contributed by atoms with Crippen molar-refractivity contribution < 1.29 is 0 Å². The van der Waals surface area contributed by atoms with Gasteiger partial charge in [-0.15, -0.1) is 0 Å². The zero-order chi connectivity index (χ0) is 11.1. The van der Waals surface area contributed by atoms with E-state index in [1.807, 2.05) is 6.92 Å². The molecule has 0 aromatic heterocycles. The smallest absolute Gasteiger partial charge is 0.0363 e. The summed E-state index contributed by atoms with van der Waals surface area (Å²) in [6, 6.07) is 0. The van der Waals surface area contributed by atoms with Crippen LogP contribution in [0, 0.1) is 0 Å². The number of allylic oxidation sites excluding steroid dienone is 5. The fourth-order valence-electron chi connectivity index (χ4n) is 1.70. The lowest BCUT2D eigenvalue weighted by Gasteiger charge is -2.34. The summed E-state index contributed by atoms with van der Waals surface area (Å²) in [5.74, 6) is 0. The minimum absolute atomic E-state index is 1.13. The zero-order valence-electron chi connectivity index (χ0n) is 10.1. The van der Waals surface area contributed by atoms with Gasteiger partial charge in [0.05, 0.1) is 0 Å². The molecule has 0 unspecified atom stereocenters. The summed E-state index contributed by atoms with van der Waals surface area (Å²) in [6.45, 7) is 8.69. The topological polar surface area (TPSA) is 6.48 Å². The molecule has 0 aromatic rings. The first-order valence-corrected chi connectivity index (χ1v) is 5.67. The Morgan fingerprint density at radius 2 is 1.67 bits per heavy atom. The number of hydrogen-bond donors (Lipinski definition) is 0. The van der Waals surface area contributed by atoms with E-state index in [0.29, 0.717) is 0 Å². The molecule has 15 heavy (non-hydrogen) atoms. The Labute approximate surface area is 93.6 Å². The molecule has 1 aliphatic heterocycles. The van der Waals surface area contributed by atoms with Crippen LogP contribution >= 0.6 is 0 Å². The first-order valence-electron chi connectivity index (χ1n) is 5.67. The van der Waals surface area contributed by atoms with Crippen LogP contribution in [-0.4, -0.2) is 43.0 Å². The van der Waals surface area contributed by atoms with E-state index in [0.717, 1.165) is 26.2 Å². The molecule has 0 aliphatic carbocycles. The minimum Gasteiger partial charge on any atom is -0.369 e. The third-order valence-corrected chi connectivity index (χ3v) is 2.67. The molecule has 1 rings (SSSR count). The minimum atomic E-state index is 1.13. The quantitative estimate of drug-likeness (QED) is 0.654. The molecule has 0 amide bonds. The van der Waals surface area contributed by atoms with Gasteiger partial charge in [0.1, 0.15) is 0 Å². The summed E-state index contributed by atoms with van der Waals surface area (Å²) in [5, 5.41) is 0. The van der Waals surface area contributed by atoms with Gasteiger partial charge in [0.15, 0.2) is 0 Å². The Bertz CT molecular complexity index is 256. The van der Waals surface area contributed by atoms with Crippen LogP contribution in [0.25, 0.3) is 0 Å². The van der Waals surface area contributed by atoms with Gasteiger partial charge in [-0.25, -0.2) is 0 Å². The Balaban J connectivity index is 2.64. The normalized spacial score (nSPS) is 20.7. The highest BCUT2D eigenvalue weighted by atomic mass is 15.2. The fourth-order valence-corrected chi connectivity index (χ4v) is 1.70. The molecule has 0 radical (unpaired) electrons. The number of nitrogens with zero attached hydrogens (tertiary/aromatic N) is 2. The molecule has 0 saturated carbocycles. The first kappa shape index (κ1) is 12.1. The Morgan fingerprint density at radius 1 is 1.00 bits per heavy atom. The summed E-state index contributed by atoms with van der Waals surface area (Å²) < 4.78 is 0. The summed E-state index contributed by atoms with van der Waals surface area (Å²) in [4.78, 5) is 4.82. The highest BCUT2D eigenvalue weighted by Gasteiger charge is 2.13. The summed E-state index contributed by atoms with van der Waals surface area (Å²) in [6.07, 6.45) is 10.7. The number of rotatable bonds is 3. The van der Waals surface area contributed by atoms with Crippen molar-refractivity contribution in [3.8, 4) is 0 Å². The van der Waals surface area contributed by atoms with Crippen molar-refractivity contribution in [1.82, 2.24) is 9.80 Å². The van der Waals surface area contributed by atoms with E-state index in [1.54, 1.807) is 0 Å². The van der Waals surface area contributed by atoms with E-state index < -0.39 is 0 Å². The van der Waals surface area contributed by atoms with Crippen molar-refractivity contribution in [2.45, 2.75) is 13.8 Å². The maximum atomic E-state index is 2.44. The second kappa shape index (κ2) is 6.46. The molecular formula is C13H22N2. The first-order chi connectivity index (χ1) is 7.27. The van der Waals surface area contributed by atoms with Gasteiger partial charge in [0.25, 0.3) is 0 Å². The van der Waals surface area contributed by atoms with Gasteiger partial charge in [-0.3, -0.25) is 0 Å². The van der Waals surface area contributed by atoms with E-state index in [1.165, 1.54) is 5.70 Å². The van der Waals surface area contributed by atoms with Gasteiger partial charge in [0, 0.05) is 31.9 Å². The molecule has 0 N–H and O–H groups in total. The lowest BCUT2D eigenvalue weighted by molar-refractivity contribution is 0.190. The number of piperazine rings is 1. The largest absolute Gasteiger partial charge is 0.369 e. The molecule has 0 atom stereocenters. The van der Waals surface area contributed by atoms with Crippen LogP contribution in [0.4, 0.5) is 0 Å². The molecule has 1 aliphatic rings. The SMILES string of the molecule is CC=C/C=C(\C=C/C)N1CCN(C)CC1. The molecule has 1 saturated heterocycles. The van der Waals surface area contributed by atoms with Crippen LogP contribution in [0.5, 0.6) is 0 Å². The Kier molecular flexibility index (Phi) is 5.19. The van der Waals surface area contributed by atoms with Crippen molar-refractivity contribution in [1.29, 1.82) is 0 Å². The predicted octanol–water partition coefficient (Wildman–Crippen LogP) is 2.27. The molecule has 1 heterocycles. The average Bonchev–Trinajstić information content (AvgIpc) is 2.25. The standard InChI is InChI=1S/C13H22N2/c1-4-6-8-13(7-5-2)15-11-9-14(3)10-12-15/h4-8H,9-12H2,1-3H3/b6-4?,7-5-,13-8+. The van der Waals surface area contributed by atoms with E-state index in [9.17, 15) is 0 Å². The van der Waals surface area contributed by atoms with Gasteiger partial charge in [-0.2, -0.15) is 0 Å². The van der Waals surface area contributed by atoms with Crippen LogP contribution in [-0.2, 0) is 0 Å². The van der Waals surface area contributed by atoms with Crippen LogP contribution in [0.2, 0.25) is 0 Å². The third kappa shape index (κ3) is 3.92. The monoisotopic (exact) mass is 206 g/mol. The highest BCUT2D eigenvalue weighted by Crippen LogP contribution is 2.10. The second-order valence-electron chi connectivity index (χ2n) is 3.91. The molecular weight excluding hydrogens is 184 g/mol. The van der Waals surface area contributed by atoms with Crippen molar-refractivity contribution >= 4 is 0 Å². The van der Waals surface area contributed by atoms with Crippen molar-refractivity contribution in [3.63, 3.8) is 0 Å². The van der Waals surface area contributed by atoms with Gasteiger partial charge in [-0.05, 0) is 33.0 Å². The third-order valence-electron chi connectivity index (χ3n) is 2.67. The molecule has 2 nitrogen and oxygen atoms in total. The molecule has 2 heteroatoms. The number of hydrogen-bond acceptors (Lipinski definition) is 2. The molecule has 0 spiro atoms. The van der Waals surface area contributed by atoms with Crippen LogP contribution < -0.4 is 0 Å². The van der Waals surface area contributed by atoms with Crippen molar-refractivity contribution in [2.24, 2.45) is 0 Å².